The van der Waals surface area contributed by atoms with Crippen LogP contribution < -0.4 is 5.73 Å². The third kappa shape index (κ3) is 3.11. The van der Waals surface area contributed by atoms with Crippen LogP contribution >= 0.6 is 0 Å². The topological polar surface area (TPSA) is 46.2 Å². The van der Waals surface area contributed by atoms with Crippen LogP contribution in [0, 0.1) is 6.92 Å². The summed E-state index contributed by atoms with van der Waals surface area (Å²) < 4.78 is 0. The molecule has 0 unspecified atom stereocenters. The molecule has 0 fully saturated rings. The van der Waals surface area contributed by atoms with Gasteiger partial charge in [0.15, 0.2) is 0 Å². The minimum atomic E-state index is 0.314. The molecule has 0 saturated carbocycles. The second-order valence-corrected chi connectivity index (χ2v) is 4.64. The van der Waals surface area contributed by atoms with Gasteiger partial charge in [-0.25, -0.2) is 0 Å². The highest BCUT2D eigenvalue weighted by Crippen LogP contribution is 2.17. The van der Waals surface area contributed by atoms with Crippen LogP contribution in [0.25, 0.3) is 0 Å². The van der Waals surface area contributed by atoms with Crippen LogP contribution in [0.1, 0.15) is 22.3 Å². The Labute approximate surface area is 108 Å². The number of aryl methyl sites for hydroxylation is 1. The Morgan fingerprint density at radius 2 is 1.67 bits per heavy atom. The maximum Gasteiger partial charge on any atom is 0.115 e. The minimum Gasteiger partial charge on any atom is -0.508 e. The van der Waals surface area contributed by atoms with Gasteiger partial charge in [0.05, 0.1) is 0 Å². The highest BCUT2D eigenvalue weighted by molar-refractivity contribution is 5.36. The number of rotatable bonds is 4. The number of hydrogen-bond acceptors (Lipinski definition) is 2. The molecule has 2 heteroatoms. The molecule has 0 spiro atoms. The Kier molecular flexibility index (Phi) is 4.00. The summed E-state index contributed by atoms with van der Waals surface area (Å²) >= 11 is 0. The van der Waals surface area contributed by atoms with Crippen LogP contribution in [0.3, 0.4) is 0 Å². The fourth-order valence-corrected chi connectivity index (χ4v) is 2.11. The van der Waals surface area contributed by atoms with Gasteiger partial charge in [0.25, 0.3) is 0 Å². The number of aromatic hydroxyl groups is 1. The smallest absolute Gasteiger partial charge is 0.115 e. The van der Waals surface area contributed by atoms with Crippen LogP contribution in [0.4, 0.5) is 0 Å². The highest BCUT2D eigenvalue weighted by Gasteiger charge is 2.02. The Bertz CT molecular complexity index is 517. The van der Waals surface area contributed by atoms with Crippen molar-refractivity contribution in [2.45, 2.75) is 19.8 Å². The molecule has 0 amide bonds. The van der Waals surface area contributed by atoms with E-state index < -0.39 is 0 Å². The van der Waals surface area contributed by atoms with E-state index in [1.807, 2.05) is 12.1 Å². The normalized spacial score (nSPS) is 10.6. The Morgan fingerprint density at radius 1 is 1.00 bits per heavy atom. The molecule has 0 aliphatic carbocycles. The molecule has 0 atom stereocenters. The number of phenols is 1. The lowest BCUT2D eigenvalue weighted by molar-refractivity contribution is 0.475. The van der Waals surface area contributed by atoms with Gasteiger partial charge < -0.3 is 10.8 Å². The van der Waals surface area contributed by atoms with E-state index in [4.69, 9.17) is 5.73 Å². The van der Waals surface area contributed by atoms with E-state index in [1.165, 1.54) is 22.3 Å². The zero-order valence-corrected chi connectivity index (χ0v) is 10.7. The Balaban J connectivity index is 2.16. The van der Waals surface area contributed by atoms with E-state index in [2.05, 4.69) is 25.1 Å². The molecule has 2 aromatic rings. The zero-order chi connectivity index (χ0) is 13.0. The Morgan fingerprint density at radius 3 is 2.28 bits per heavy atom. The standard InChI is InChI=1S/C16H19NO/c1-12-10-14(8-9-17)2-5-15(12)11-13-3-6-16(18)7-4-13/h2-7,10,18H,8-9,11,17H2,1H3. The van der Waals surface area contributed by atoms with Gasteiger partial charge in [0.1, 0.15) is 5.75 Å². The molecule has 0 aliphatic rings. The molecule has 0 bridgehead atoms. The monoisotopic (exact) mass is 241 g/mol. The predicted molar refractivity (Wildman–Crippen MR) is 74.9 cm³/mol. The van der Waals surface area contributed by atoms with Crippen molar-refractivity contribution in [3.8, 4) is 5.75 Å². The van der Waals surface area contributed by atoms with E-state index in [0.717, 1.165) is 12.8 Å². The van der Waals surface area contributed by atoms with E-state index in [0.29, 0.717) is 12.3 Å². The van der Waals surface area contributed by atoms with Crippen molar-refractivity contribution in [3.05, 3.63) is 64.7 Å². The van der Waals surface area contributed by atoms with Gasteiger partial charge in [-0.05, 0) is 60.7 Å². The third-order valence-electron chi connectivity index (χ3n) is 3.17. The molecule has 0 radical (unpaired) electrons. The van der Waals surface area contributed by atoms with Gasteiger partial charge >= 0.3 is 0 Å². The number of benzene rings is 2. The van der Waals surface area contributed by atoms with Crippen molar-refractivity contribution in [1.29, 1.82) is 0 Å². The highest BCUT2D eigenvalue weighted by atomic mass is 16.3. The summed E-state index contributed by atoms with van der Waals surface area (Å²) in [4.78, 5) is 0. The maximum atomic E-state index is 9.26. The molecule has 0 aliphatic heterocycles. The van der Waals surface area contributed by atoms with Crippen molar-refractivity contribution in [1.82, 2.24) is 0 Å². The minimum absolute atomic E-state index is 0.314. The first kappa shape index (κ1) is 12.7. The summed E-state index contributed by atoms with van der Waals surface area (Å²) in [6.45, 7) is 2.83. The largest absolute Gasteiger partial charge is 0.508 e. The summed E-state index contributed by atoms with van der Waals surface area (Å²) in [6, 6.07) is 13.9. The lowest BCUT2D eigenvalue weighted by Gasteiger charge is -2.08. The van der Waals surface area contributed by atoms with Crippen LogP contribution in [0.2, 0.25) is 0 Å². The second kappa shape index (κ2) is 5.69. The number of phenolic OH excluding ortho intramolecular Hbond substituents is 1. The van der Waals surface area contributed by atoms with Crippen molar-refractivity contribution >= 4 is 0 Å². The van der Waals surface area contributed by atoms with Gasteiger partial charge in [-0.3, -0.25) is 0 Å². The molecule has 0 aromatic heterocycles. The molecule has 2 rings (SSSR count). The summed E-state index contributed by atoms with van der Waals surface area (Å²) in [6.07, 6.45) is 1.83. The maximum absolute atomic E-state index is 9.26. The number of hydrogen-bond donors (Lipinski definition) is 2. The Hall–Kier alpha value is -1.80. The van der Waals surface area contributed by atoms with Gasteiger partial charge in [-0.15, -0.1) is 0 Å². The van der Waals surface area contributed by atoms with Gasteiger partial charge in [-0.2, -0.15) is 0 Å². The fraction of sp³-hybridized carbons (Fsp3) is 0.250. The first-order valence-electron chi connectivity index (χ1n) is 6.25. The molecule has 94 valence electrons. The molecule has 0 heterocycles. The number of nitrogens with two attached hydrogens (primary N) is 1. The molecule has 18 heavy (non-hydrogen) atoms. The lowest BCUT2D eigenvalue weighted by Crippen LogP contribution is -2.03. The average molecular weight is 241 g/mol. The molecular formula is C16H19NO. The predicted octanol–water partition coefficient (Wildman–Crippen LogP) is 2.79. The summed E-state index contributed by atoms with van der Waals surface area (Å²) in [5.41, 5.74) is 10.7. The van der Waals surface area contributed by atoms with E-state index in [-0.39, 0.29) is 0 Å². The summed E-state index contributed by atoms with van der Waals surface area (Å²) in [5, 5.41) is 9.26. The van der Waals surface area contributed by atoms with Crippen molar-refractivity contribution in [2.24, 2.45) is 5.73 Å². The van der Waals surface area contributed by atoms with Crippen molar-refractivity contribution in [3.63, 3.8) is 0 Å². The molecule has 0 saturated heterocycles. The second-order valence-electron chi connectivity index (χ2n) is 4.64. The molecule has 3 N–H and O–H groups in total. The van der Waals surface area contributed by atoms with E-state index in [1.54, 1.807) is 12.1 Å². The van der Waals surface area contributed by atoms with Crippen LogP contribution in [0.5, 0.6) is 5.75 Å². The molecule has 2 aromatic carbocycles. The van der Waals surface area contributed by atoms with E-state index >= 15 is 0 Å². The zero-order valence-electron chi connectivity index (χ0n) is 10.7. The summed E-state index contributed by atoms with van der Waals surface area (Å²) in [5.74, 6) is 0.314. The van der Waals surface area contributed by atoms with Crippen molar-refractivity contribution in [2.75, 3.05) is 6.54 Å². The van der Waals surface area contributed by atoms with Crippen LogP contribution in [-0.4, -0.2) is 11.7 Å². The molecular weight excluding hydrogens is 222 g/mol. The quantitative estimate of drug-likeness (QED) is 0.864. The van der Waals surface area contributed by atoms with Gasteiger partial charge in [0.2, 0.25) is 0 Å². The fourth-order valence-electron chi connectivity index (χ4n) is 2.11. The van der Waals surface area contributed by atoms with E-state index in [9.17, 15) is 5.11 Å². The first-order chi connectivity index (χ1) is 8.69. The lowest BCUT2D eigenvalue weighted by atomic mass is 9.98. The third-order valence-corrected chi connectivity index (χ3v) is 3.17. The van der Waals surface area contributed by atoms with Gasteiger partial charge in [0, 0.05) is 0 Å². The van der Waals surface area contributed by atoms with Crippen LogP contribution in [-0.2, 0) is 12.8 Å². The van der Waals surface area contributed by atoms with Crippen LogP contribution in [0.15, 0.2) is 42.5 Å². The average Bonchev–Trinajstić information content (AvgIpc) is 2.36. The van der Waals surface area contributed by atoms with Crippen molar-refractivity contribution < 1.29 is 5.11 Å². The first-order valence-corrected chi connectivity index (χ1v) is 6.25. The molecule has 2 nitrogen and oxygen atoms in total. The SMILES string of the molecule is Cc1cc(CCN)ccc1Cc1ccc(O)cc1. The summed E-state index contributed by atoms with van der Waals surface area (Å²) in [7, 11) is 0. The van der Waals surface area contributed by atoms with Gasteiger partial charge in [-0.1, -0.05) is 30.3 Å².